The summed E-state index contributed by atoms with van der Waals surface area (Å²) in [5.74, 6) is 1.55. The summed E-state index contributed by atoms with van der Waals surface area (Å²) in [7, 11) is 0. The number of carbonyl (C=O) groups excluding carboxylic acids is 1. The van der Waals surface area contributed by atoms with E-state index in [-0.39, 0.29) is 5.91 Å². The van der Waals surface area contributed by atoms with Crippen molar-refractivity contribution >= 4 is 64.1 Å². The predicted octanol–water partition coefficient (Wildman–Crippen LogP) is 8.17. The SMILES string of the molecule is O=C(CCCCSc1nnc(-c2ccccc2)n1-c1ccc(Cl)c(Cl)c1)NCCc1ccc(Cl)cc1Cl. The molecule has 4 aromatic rings. The van der Waals surface area contributed by atoms with Crippen LogP contribution in [0.15, 0.2) is 71.9 Å². The Morgan fingerprint density at radius 1 is 0.865 bits per heavy atom. The van der Waals surface area contributed by atoms with Gasteiger partial charge >= 0.3 is 0 Å². The number of nitrogens with one attached hydrogen (secondary N) is 1. The molecular formula is C27H24Cl4N4OS. The van der Waals surface area contributed by atoms with E-state index < -0.39 is 0 Å². The van der Waals surface area contributed by atoms with Crippen molar-refractivity contribution in [2.24, 2.45) is 0 Å². The molecule has 10 heteroatoms. The van der Waals surface area contributed by atoms with Gasteiger partial charge in [0.05, 0.1) is 15.7 Å². The Kier molecular flexibility index (Phi) is 10.2. The van der Waals surface area contributed by atoms with E-state index in [0.717, 1.165) is 46.4 Å². The maximum Gasteiger partial charge on any atom is 0.220 e. The van der Waals surface area contributed by atoms with E-state index in [1.807, 2.05) is 53.1 Å². The number of carbonyl (C=O) groups is 1. The third-order valence-electron chi connectivity index (χ3n) is 5.59. The summed E-state index contributed by atoms with van der Waals surface area (Å²) in [6.45, 7) is 0.532. The molecule has 0 radical (unpaired) electrons. The highest BCUT2D eigenvalue weighted by atomic mass is 35.5. The summed E-state index contributed by atoms with van der Waals surface area (Å²) in [5, 5.41) is 14.8. The van der Waals surface area contributed by atoms with Crippen molar-refractivity contribution in [1.29, 1.82) is 0 Å². The average Bonchev–Trinajstić information content (AvgIpc) is 3.31. The van der Waals surface area contributed by atoms with Crippen LogP contribution in [0.25, 0.3) is 17.1 Å². The molecule has 3 aromatic carbocycles. The van der Waals surface area contributed by atoms with Gasteiger partial charge in [-0.15, -0.1) is 10.2 Å². The number of benzene rings is 3. The first kappa shape index (κ1) is 27.8. The van der Waals surface area contributed by atoms with Gasteiger partial charge in [0.15, 0.2) is 11.0 Å². The summed E-state index contributed by atoms with van der Waals surface area (Å²) in [4.78, 5) is 12.2. The fourth-order valence-electron chi connectivity index (χ4n) is 3.69. The molecular weight excluding hydrogens is 570 g/mol. The number of rotatable bonds is 11. The number of thioether (sulfide) groups is 1. The van der Waals surface area contributed by atoms with Crippen LogP contribution < -0.4 is 5.32 Å². The van der Waals surface area contributed by atoms with E-state index >= 15 is 0 Å². The van der Waals surface area contributed by atoms with Crippen molar-refractivity contribution in [2.45, 2.75) is 30.8 Å². The van der Waals surface area contributed by atoms with Gasteiger partial charge in [-0.2, -0.15) is 0 Å². The second-order valence-electron chi connectivity index (χ2n) is 8.25. The van der Waals surface area contributed by atoms with Gasteiger partial charge in [0.2, 0.25) is 5.91 Å². The molecule has 1 N–H and O–H groups in total. The lowest BCUT2D eigenvalue weighted by atomic mass is 10.1. The molecule has 0 bridgehead atoms. The topological polar surface area (TPSA) is 59.8 Å². The van der Waals surface area contributed by atoms with E-state index in [4.69, 9.17) is 46.4 Å². The van der Waals surface area contributed by atoms with Gasteiger partial charge in [0, 0.05) is 34.3 Å². The standard InChI is InChI=1S/C27H24Cl4N4OS/c28-20-10-9-18(23(30)16-20)13-14-32-25(36)8-4-5-15-37-27-34-33-26(19-6-2-1-3-7-19)35(27)21-11-12-22(29)24(31)17-21/h1-3,6-7,9-12,16-17H,4-5,8,13-15H2,(H,32,36). The second kappa shape index (κ2) is 13.5. The van der Waals surface area contributed by atoms with Gasteiger partial charge in [0.25, 0.3) is 0 Å². The van der Waals surface area contributed by atoms with E-state index in [9.17, 15) is 4.79 Å². The van der Waals surface area contributed by atoms with Crippen molar-refractivity contribution in [3.05, 3.63) is 92.4 Å². The maximum absolute atomic E-state index is 12.2. The molecule has 192 valence electrons. The first-order valence-corrected chi connectivity index (χ1v) is 14.2. The maximum atomic E-state index is 12.2. The van der Waals surface area contributed by atoms with Crippen molar-refractivity contribution in [2.75, 3.05) is 12.3 Å². The minimum Gasteiger partial charge on any atom is -0.356 e. The molecule has 0 spiro atoms. The lowest BCUT2D eigenvalue weighted by Gasteiger charge is -2.11. The van der Waals surface area contributed by atoms with Crippen LogP contribution in [0, 0.1) is 0 Å². The molecule has 0 saturated heterocycles. The molecule has 0 fully saturated rings. The summed E-state index contributed by atoms with van der Waals surface area (Å²) >= 11 is 26.2. The van der Waals surface area contributed by atoms with Crippen LogP contribution in [-0.2, 0) is 11.2 Å². The van der Waals surface area contributed by atoms with E-state index in [1.165, 1.54) is 0 Å². The Labute approximate surface area is 240 Å². The molecule has 4 rings (SSSR count). The van der Waals surface area contributed by atoms with Gasteiger partial charge in [-0.25, -0.2) is 0 Å². The zero-order valence-electron chi connectivity index (χ0n) is 19.8. The fourth-order valence-corrected chi connectivity index (χ4v) is 5.44. The Morgan fingerprint density at radius 2 is 1.68 bits per heavy atom. The number of hydrogen-bond donors (Lipinski definition) is 1. The Morgan fingerprint density at radius 3 is 2.43 bits per heavy atom. The predicted molar refractivity (Wildman–Crippen MR) is 155 cm³/mol. The first-order chi connectivity index (χ1) is 17.9. The van der Waals surface area contributed by atoms with Crippen LogP contribution in [0.5, 0.6) is 0 Å². The molecule has 0 aliphatic rings. The van der Waals surface area contributed by atoms with Gasteiger partial charge < -0.3 is 5.32 Å². The molecule has 1 heterocycles. The molecule has 0 saturated carbocycles. The van der Waals surface area contributed by atoms with E-state index in [0.29, 0.717) is 39.5 Å². The summed E-state index contributed by atoms with van der Waals surface area (Å²) in [6.07, 6.45) is 2.75. The van der Waals surface area contributed by atoms with Gasteiger partial charge in [-0.3, -0.25) is 9.36 Å². The van der Waals surface area contributed by atoms with Crippen LogP contribution in [0.2, 0.25) is 20.1 Å². The van der Waals surface area contributed by atoms with E-state index in [2.05, 4.69) is 15.5 Å². The van der Waals surface area contributed by atoms with Crippen LogP contribution >= 0.6 is 58.2 Å². The molecule has 0 atom stereocenters. The highest BCUT2D eigenvalue weighted by molar-refractivity contribution is 7.99. The normalized spacial score (nSPS) is 11.0. The van der Waals surface area contributed by atoms with Gasteiger partial charge in [-0.1, -0.05) is 94.6 Å². The Hall–Kier alpha value is -2.22. The highest BCUT2D eigenvalue weighted by Gasteiger charge is 2.17. The van der Waals surface area contributed by atoms with Gasteiger partial charge in [-0.05, 0) is 55.2 Å². The quantitative estimate of drug-likeness (QED) is 0.141. The lowest BCUT2D eigenvalue weighted by molar-refractivity contribution is -0.121. The molecule has 5 nitrogen and oxygen atoms in total. The van der Waals surface area contributed by atoms with E-state index in [1.54, 1.807) is 30.0 Å². The molecule has 0 unspecified atom stereocenters. The number of aromatic nitrogens is 3. The third kappa shape index (κ3) is 7.65. The minimum absolute atomic E-state index is 0.0282. The van der Waals surface area contributed by atoms with Crippen molar-refractivity contribution in [1.82, 2.24) is 20.1 Å². The van der Waals surface area contributed by atoms with Crippen molar-refractivity contribution < 1.29 is 4.79 Å². The third-order valence-corrected chi connectivity index (χ3v) is 7.93. The van der Waals surface area contributed by atoms with Crippen LogP contribution in [0.4, 0.5) is 0 Å². The number of nitrogens with zero attached hydrogens (tertiary/aromatic N) is 3. The van der Waals surface area contributed by atoms with Crippen LogP contribution in [0.3, 0.4) is 0 Å². The highest BCUT2D eigenvalue weighted by Crippen LogP contribution is 2.31. The number of hydrogen-bond acceptors (Lipinski definition) is 4. The number of halogens is 4. The summed E-state index contributed by atoms with van der Waals surface area (Å²) in [6, 6.07) is 20.7. The van der Waals surface area contributed by atoms with Crippen molar-refractivity contribution in [3.63, 3.8) is 0 Å². The average molecular weight is 594 g/mol. The number of unbranched alkanes of at least 4 members (excludes halogenated alkanes) is 1. The minimum atomic E-state index is 0.0282. The zero-order chi connectivity index (χ0) is 26.2. The monoisotopic (exact) mass is 592 g/mol. The molecule has 0 aliphatic carbocycles. The molecule has 1 aromatic heterocycles. The second-order valence-corrected chi connectivity index (χ2v) is 11.0. The smallest absolute Gasteiger partial charge is 0.220 e. The zero-order valence-corrected chi connectivity index (χ0v) is 23.6. The van der Waals surface area contributed by atoms with Crippen molar-refractivity contribution in [3.8, 4) is 17.1 Å². The first-order valence-electron chi connectivity index (χ1n) is 11.7. The summed E-state index contributed by atoms with van der Waals surface area (Å²) < 4.78 is 1.98. The Bertz CT molecular complexity index is 1360. The fraction of sp³-hybridized carbons (Fsp3) is 0.222. The van der Waals surface area contributed by atoms with Crippen LogP contribution in [-0.4, -0.2) is 33.0 Å². The summed E-state index contributed by atoms with van der Waals surface area (Å²) in [5.41, 5.74) is 2.74. The lowest BCUT2D eigenvalue weighted by Crippen LogP contribution is -2.25. The van der Waals surface area contributed by atoms with Crippen LogP contribution in [0.1, 0.15) is 24.8 Å². The van der Waals surface area contributed by atoms with Gasteiger partial charge in [0.1, 0.15) is 0 Å². The molecule has 1 amide bonds. The Balaban J connectivity index is 1.30. The molecule has 0 aliphatic heterocycles. The largest absolute Gasteiger partial charge is 0.356 e. The number of amides is 1. The molecule has 37 heavy (non-hydrogen) atoms.